The smallest absolute Gasteiger partial charge is 0.0620 e. The summed E-state index contributed by atoms with van der Waals surface area (Å²) in [5.41, 5.74) is 0. The van der Waals surface area contributed by atoms with E-state index in [9.17, 15) is 0 Å². The topological polar surface area (TPSA) is 25.8 Å². The molecule has 0 aliphatic heterocycles. The molecule has 0 saturated carbocycles. The van der Waals surface area contributed by atoms with Gasteiger partial charge in [0, 0.05) is 5.38 Å². The first-order valence-electron chi connectivity index (χ1n) is 1.21. The number of nitrogens with zero attached hydrogens (tertiary/aromatic N) is 2. The molecule has 2 nitrogen and oxygen atoms in total. The van der Waals surface area contributed by atoms with Gasteiger partial charge in [0.05, 0.1) is 6.20 Å². The number of rotatable bonds is 0. The molecule has 1 heterocycles. The van der Waals surface area contributed by atoms with Gasteiger partial charge >= 0.3 is 0 Å². The van der Waals surface area contributed by atoms with E-state index in [1.54, 1.807) is 6.20 Å². The maximum atomic E-state index is 3.51. The summed E-state index contributed by atoms with van der Waals surface area (Å²) >= 11 is 1.35. The lowest BCUT2D eigenvalue weighted by atomic mass is 11.1. The third-order valence-electron chi connectivity index (χ3n) is 0.283. The Morgan fingerprint density at radius 1 is 1.60 bits per heavy atom. The van der Waals surface area contributed by atoms with Crippen molar-refractivity contribution in [1.29, 1.82) is 0 Å². The normalized spacial score (nSPS) is 8.00. The molecule has 1 rings (SSSR count). The average Bonchev–Trinajstić information content (AvgIpc) is 1.76. The molecule has 0 spiro atoms. The van der Waals surface area contributed by atoms with Crippen molar-refractivity contribution in [2.75, 3.05) is 0 Å². The van der Waals surface area contributed by atoms with Gasteiger partial charge in [0.25, 0.3) is 0 Å². The third kappa shape index (κ3) is 0.417. The van der Waals surface area contributed by atoms with Crippen LogP contribution in [0.15, 0.2) is 11.6 Å². The molecule has 0 bridgehead atoms. The predicted molar refractivity (Wildman–Crippen MR) is 19.9 cm³/mol. The molecule has 0 radical (unpaired) electrons. The molecule has 0 aliphatic rings. The molecule has 0 atom stereocenters. The summed E-state index contributed by atoms with van der Waals surface area (Å²) in [4.78, 5) is 0. The maximum absolute atomic E-state index is 3.51. The fourth-order valence-corrected chi connectivity index (χ4v) is 0.408. The van der Waals surface area contributed by atoms with E-state index in [1.165, 1.54) is 11.5 Å². The summed E-state index contributed by atoms with van der Waals surface area (Å²) in [7, 11) is 0. The second-order valence-electron chi connectivity index (χ2n) is 0.588. The van der Waals surface area contributed by atoms with Gasteiger partial charge in [-0.3, -0.25) is 0 Å². The molecular formula is C2H2N2S. The van der Waals surface area contributed by atoms with Crippen molar-refractivity contribution >= 4 is 11.5 Å². The van der Waals surface area contributed by atoms with E-state index in [2.05, 4.69) is 9.59 Å². The van der Waals surface area contributed by atoms with Gasteiger partial charge < -0.3 is 0 Å². The lowest BCUT2D eigenvalue weighted by molar-refractivity contribution is 1.16. The Hall–Kier alpha value is -0.440. The third-order valence-corrected chi connectivity index (χ3v) is 0.715. The zero-order valence-corrected chi connectivity index (χ0v) is 3.27. The second kappa shape index (κ2) is 1.12. The van der Waals surface area contributed by atoms with Crippen LogP contribution in [0.2, 0.25) is 0 Å². The van der Waals surface area contributed by atoms with Crippen molar-refractivity contribution in [1.82, 2.24) is 9.59 Å². The monoisotopic (exact) mass is 86.0 g/mol. The van der Waals surface area contributed by atoms with Crippen LogP contribution in [0.1, 0.15) is 0 Å². The van der Waals surface area contributed by atoms with Gasteiger partial charge in [-0.15, -0.1) is 5.10 Å². The van der Waals surface area contributed by atoms with E-state index >= 15 is 0 Å². The maximum Gasteiger partial charge on any atom is 0.0620 e. The minimum atomic E-state index is 1.35. The van der Waals surface area contributed by atoms with E-state index in [0.29, 0.717) is 0 Å². The van der Waals surface area contributed by atoms with Crippen molar-refractivity contribution in [2.45, 2.75) is 0 Å². The molecule has 0 aromatic carbocycles. The quantitative estimate of drug-likeness (QED) is 0.460. The van der Waals surface area contributed by atoms with Crippen LogP contribution in [0.5, 0.6) is 0 Å². The van der Waals surface area contributed by atoms with Gasteiger partial charge in [0.1, 0.15) is 0 Å². The summed E-state index contributed by atoms with van der Waals surface area (Å²) in [5, 5.41) is 5.31. The van der Waals surface area contributed by atoms with Crippen LogP contribution in [-0.4, -0.2) is 9.59 Å². The first kappa shape index (κ1) is 2.78. The molecule has 0 aliphatic carbocycles. The van der Waals surface area contributed by atoms with E-state index in [-0.39, 0.29) is 0 Å². The van der Waals surface area contributed by atoms with Crippen molar-refractivity contribution in [3.05, 3.63) is 11.6 Å². The first-order valence-corrected chi connectivity index (χ1v) is 2.05. The van der Waals surface area contributed by atoms with Gasteiger partial charge in [-0.25, -0.2) is 0 Å². The highest BCUT2D eigenvalue weighted by Gasteiger charge is 1.61. The molecule has 0 amide bonds. The van der Waals surface area contributed by atoms with Gasteiger partial charge in [-0.05, 0) is 11.5 Å². The van der Waals surface area contributed by atoms with Crippen LogP contribution in [0.4, 0.5) is 0 Å². The average molecular weight is 86.1 g/mol. The van der Waals surface area contributed by atoms with Gasteiger partial charge in [0.15, 0.2) is 0 Å². The van der Waals surface area contributed by atoms with Crippen molar-refractivity contribution in [3.63, 3.8) is 0 Å². The van der Waals surface area contributed by atoms with Gasteiger partial charge in [-0.2, -0.15) is 0 Å². The highest BCUT2D eigenvalue weighted by atomic mass is 32.1. The van der Waals surface area contributed by atoms with Gasteiger partial charge in [-0.1, -0.05) is 4.49 Å². The van der Waals surface area contributed by atoms with Crippen LogP contribution in [0.25, 0.3) is 0 Å². The predicted octanol–water partition coefficient (Wildman–Crippen LogP) is 0.538. The zero-order valence-electron chi connectivity index (χ0n) is 2.46. The Kier molecular flexibility index (Phi) is 0.624. The van der Waals surface area contributed by atoms with Crippen LogP contribution in [-0.2, 0) is 0 Å². The molecule has 26 valence electrons. The van der Waals surface area contributed by atoms with Crippen LogP contribution in [0.3, 0.4) is 0 Å². The van der Waals surface area contributed by atoms with Gasteiger partial charge in [0.2, 0.25) is 0 Å². The molecule has 0 unspecified atom stereocenters. The molecule has 1 aromatic rings. The lowest BCUT2D eigenvalue weighted by Crippen LogP contribution is -1.51. The largest absolute Gasteiger partial charge is 0.147 e. The lowest BCUT2D eigenvalue weighted by Gasteiger charge is -1.40. The highest BCUT2D eigenvalue weighted by Crippen LogP contribution is 1.78. The van der Waals surface area contributed by atoms with E-state index in [1.807, 2.05) is 5.38 Å². The Balaban J connectivity index is 3.13. The van der Waals surface area contributed by atoms with E-state index in [4.69, 9.17) is 0 Å². The molecular weight excluding hydrogens is 84.1 g/mol. The Labute approximate surface area is 33.6 Å². The summed E-state index contributed by atoms with van der Waals surface area (Å²) in [6.45, 7) is 0. The molecule has 1 aromatic heterocycles. The summed E-state index contributed by atoms with van der Waals surface area (Å²) < 4.78 is 3.51. The van der Waals surface area contributed by atoms with Crippen molar-refractivity contribution in [2.24, 2.45) is 0 Å². The second-order valence-corrected chi connectivity index (χ2v) is 1.23. The Morgan fingerprint density at radius 2 is 2.60 bits per heavy atom. The number of hydrogen-bond donors (Lipinski definition) is 0. The zero-order chi connectivity index (χ0) is 3.54. The van der Waals surface area contributed by atoms with E-state index < -0.39 is 0 Å². The highest BCUT2D eigenvalue weighted by molar-refractivity contribution is 7.03. The van der Waals surface area contributed by atoms with Crippen LogP contribution in [0, 0.1) is 0 Å². The Morgan fingerprint density at radius 3 is 2.80 bits per heavy atom. The van der Waals surface area contributed by atoms with E-state index in [0.717, 1.165) is 0 Å². The Bertz CT molecular complexity index is 64.1. The summed E-state index contributed by atoms with van der Waals surface area (Å²) in [5.74, 6) is 0. The molecule has 3 heteroatoms. The number of aromatic nitrogens is 2. The first-order chi connectivity index (χ1) is 2.50. The summed E-state index contributed by atoms with van der Waals surface area (Å²) in [6.07, 6.45) is 1.66. The standard InChI is InChI=1S/C2H2N2S/c1-2-5-4-3-1/h1-2H. The molecule has 0 N–H and O–H groups in total. The molecule has 0 fully saturated rings. The number of hydrogen-bond acceptors (Lipinski definition) is 3. The van der Waals surface area contributed by atoms with Crippen LogP contribution >= 0.6 is 11.5 Å². The van der Waals surface area contributed by atoms with Crippen molar-refractivity contribution < 1.29 is 0 Å². The molecule has 5 heavy (non-hydrogen) atoms. The van der Waals surface area contributed by atoms with Crippen molar-refractivity contribution in [3.8, 4) is 0 Å². The minimum absolute atomic E-state index is 1.35. The fourth-order valence-electron chi connectivity index (χ4n) is 0.136. The summed E-state index contributed by atoms with van der Waals surface area (Å²) in [6, 6.07) is 0. The molecule has 0 saturated heterocycles. The SMILES string of the molecule is c1csnn1. The fraction of sp³-hybridized carbons (Fsp3) is 0. The van der Waals surface area contributed by atoms with Crippen LogP contribution < -0.4 is 0 Å². The minimum Gasteiger partial charge on any atom is -0.147 e.